The van der Waals surface area contributed by atoms with Gasteiger partial charge in [0.2, 0.25) is 25.4 Å². The molecule has 12 nitrogen and oxygen atoms in total. The van der Waals surface area contributed by atoms with Crippen molar-refractivity contribution in [2.45, 2.75) is 50.6 Å². The van der Waals surface area contributed by atoms with Crippen LogP contribution in [0.25, 0.3) is 44.3 Å². The number of aromatic nitrogens is 4. The van der Waals surface area contributed by atoms with Crippen LogP contribution in [0.1, 0.15) is 60.5 Å². The van der Waals surface area contributed by atoms with Gasteiger partial charge in [-0.3, -0.25) is 9.59 Å². The Kier molecular flexibility index (Phi) is 8.30. The average molecular weight is 773 g/mol. The molecule has 0 radical (unpaired) electrons. The first-order chi connectivity index (χ1) is 28.5. The SMILES string of the molecule is O=C(Cc1ccc2c(c1)OCO2)N1CCC[C@H]1c1nc2ccc(-c3ccc(-c4ccc5nc([C@@H]6CCCN6C(=O)Cc6ccc7c(c6)OCO7)[nH]c5c4)cc3)cc2[nH]1. The lowest BCUT2D eigenvalue weighted by Crippen LogP contribution is -2.32. The monoisotopic (exact) mass is 772 g/mol. The molecule has 4 aliphatic rings. The molecule has 6 heterocycles. The number of nitrogens with one attached hydrogen (secondary N) is 2. The number of rotatable bonds is 8. The smallest absolute Gasteiger partial charge is 0.231 e. The normalized spacial score (nSPS) is 18.2. The number of hydrogen-bond acceptors (Lipinski definition) is 8. The van der Waals surface area contributed by atoms with Crippen LogP contribution in [-0.2, 0) is 22.4 Å². The molecule has 2 fully saturated rings. The number of H-pyrrole nitrogens is 2. The maximum atomic E-state index is 13.5. The lowest BCUT2D eigenvalue weighted by atomic mass is 10.00. The summed E-state index contributed by atoms with van der Waals surface area (Å²) in [6.07, 6.45) is 4.21. The molecule has 7 aromatic rings. The Bertz CT molecular complexity index is 2550. The second-order valence-electron chi connectivity index (χ2n) is 15.5. The van der Waals surface area contributed by atoms with Gasteiger partial charge in [-0.15, -0.1) is 0 Å². The maximum Gasteiger partial charge on any atom is 0.231 e. The molecule has 290 valence electrons. The second kappa shape index (κ2) is 14.0. The van der Waals surface area contributed by atoms with Crippen molar-refractivity contribution in [1.29, 1.82) is 0 Å². The first-order valence-corrected chi connectivity index (χ1v) is 20.0. The van der Waals surface area contributed by atoms with Gasteiger partial charge in [0.25, 0.3) is 0 Å². The van der Waals surface area contributed by atoms with Crippen LogP contribution in [0.4, 0.5) is 0 Å². The highest BCUT2D eigenvalue weighted by molar-refractivity contribution is 5.86. The topological polar surface area (TPSA) is 135 Å². The molecule has 2 saturated heterocycles. The van der Waals surface area contributed by atoms with E-state index in [9.17, 15) is 9.59 Å². The van der Waals surface area contributed by atoms with Crippen molar-refractivity contribution in [2.75, 3.05) is 26.7 Å². The highest BCUT2D eigenvalue weighted by atomic mass is 16.7. The summed E-state index contributed by atoms with van der Waals surface area (Å²) in [6, 6.07) is 32.4. The molecule has 2 aromatic heterocycles. The third-order valence-electron chi connectivity index (χ3n) is 11.9. The van der Waals surface area contributed by atoms with Crippen molar-refractivity contribution in [3.8, 4) is 45.3 Å². The van der Waals surface area contributed by atoms with Gasteiger partial charge in [-0.25, -0.2) is 9.97 Å². The molecule has 0 aliphatic carbocycles. The van der Waals surface area contributed by atoms with Crippen LogP contribution in [-0.4, -0.2) is 68.2 Å². The number of fused-ring (bicyclic) bond motifs is 4. The predicted octanol–water partition coefficient (Wildman–Crippen LogP) is 8.04. The van der Waals surface area contributed by atoms with Crippen LogP contribution >= 0.6 is 0 Å². The van der Waals surface area contributed by atoms with E-state index in [4.69, 9.17) is 28.9 Å². The van der Waals surface area contributed by atoms with Crippen molar-refractivity contribution < 1.29 is 28.5 Å². The molecule has 11 rings (SSSR count). The summed E-state index contributed by atoms with van der Waals surface area (Å²) in [5, 5.41) is 0. The van der Waals surface area contributed by atoms with Crippen molar-refractivity contribution >= 4 is 33.9 Å². The van der Waals surface area contributed by atoms with Gasteiger partial charge < -0.3 is 38.7 Å². The zero-order valence-electron chi connectivity index (χ0n) is 31.7. The standard InChI is InChI=1S/C46H40N6O6/c53-43(21-27-5-15-39-41(19-27)57-25-55-39)51-17-1-3-37(51)45-47-33-13-11-31(23-35(33)49-45)29-7-9-30(10-8-29)32-12-14-34-36(24-32)50-46(48-34)38-4-2-18-52(38)44(54)22-28-6-16-40-42(20-28)58-26-56-40/h5-16,19-20,23-24,37-38H,1-4,17-18,21-22,25-26H2,(H,47,49)(H,48,50)/t37-,38-/m0/s1. The Hall–Kier alpha value is -6.82. The number of hydrogen-bond donors (Lipinski definition) is 2. The number of carbonyl (C=O) groups is 2. The molecule has 2 atom stereocenters. The summed E-state index contributed by atoms with van der Waals surface area (Å²) in [7, 11) is 0. The van der Waals surface area contributed by atoms with E-state index in [1.54, 1.807) is 0 Å². The number of imidazole rings is 2. The van der Waals surface area contributed by atoms with Gasteiger partial charge in [0.15, 0.2) is 23.0 Å². The van der Waals surface area contributed by atoms with Crippen LogP contribution in [0.2, 0.25) is 0 Å². The molecule has 0 bridgehead atoms. The first kappa shape index (κ1) is 34.4. The summed E-state index contributed by atoms with van der Waals surface area (Å²) in [6.45, 7) is 1.84. The summed E-state index contributed by atoms with van der Waals surface area (Å²) < 4.78 is 21.9. The summed E-state index contributed by atoms with van der Waals surface area (Å²) in [4.78, 5) is 47.9. The van der Waals surface area contributed by atoms with E-state index in [1.165, 1.54) is 0 Å². The van der Waals surface area contributed by atoms with Gasteiger partial charge in [-0.05, 0) is 108 Å². The van der Waals surface area contributed by atoms with Crippen LogP contribution in [0.3, 0.4) is 0 Å². The van der Waals surface area contributed by atoms with Crippen LogP contribution in [0, 0.1) is 0 Å². The second-order valence-corrected chi connectivity index (χ2v) is 15.5. The summed E-state index contributed by atoms with van der Waals surface area (Å²) >= 11 is 0. The number of benzene rings is 5. The highest BCUT2D eigenvalue weighted by Gasteiger charge is 2.34. The minimum Gasteiger partial charge on any atom is -0.454 e. The molecule has 5 aromatic carbocycles. The fraction of sp³-hybridized carbons (Fsp3) is 0.261. The fourth-order valence-electron chi connectivity index (χ4n) is 8.94. The highest BCUT2D eigenvalue weighted by Crippen LogP contribution is 2.38. The van der Waals surface area contributed by atoms with Crippen molar-refractivity contribution in [3.05, 3.63) is 120 Å². The number of aromatic amines is 2. The Morgan fingerprint density at radius 1 is 0.534 bits per heavy atom. The average Bonchev–Trinajstić information content (AvgIpc) is 4.10. The van der Waals surface area contributed by atoms with Gasteiger partial charge >= 0.3 is 0 Å². The van der Waals surface area contributed by atoms with Crippen molar-refractivity contribution in [3.63, 3.8) is 0 Å². The van der Waals surface area contributed by atoms with Crippen LogP contribution < -0.4 is 18.9 Å². The zero-order chi connectivity index (χ0) is 38.7. The molecule has 2 N–H and O–H groups in total. The van der Waals surface area contributed by atoms with Gasteiger partial charge in [0, 0.05) is 13.1 Å². The minimum absolute atomic E-state index is 0.0802. The molecule has 4 aliphatic heterocycles. The first-order valence-electron chi connectivity index (χ1n) is 20.0. The number of ether oxygens (including phenoxy) is 4. The molecule has 58 heavy (non-hydrogen) atoms. The third-order valence-corrected chi connectivity index (χ3v) is 11.9. The molecule has 0 spiro atoms. The van der Waals surface area contributed by atoms with E-state index in [2.05, 4.69) is 58.5 Å². The van der Waals surface area contributed by atoms with Gasteiger partial charge in [0.05, 0.1) is 47.0 Å². The molecular formula is C46H40N6O6. The minimum atomic E-state index is -0.0909. The lowest BCUT2D eigenvalue weighted by Gasteiger charge is -2.23. The van der Waals surface area contributed by atoms with Gasteiger partial charge in [-0.2, -0.15) is 0 Å². The third kappa shape index (κ3) is 6.25. The van der Waals surface area contributed by atoms with Crippen LogP contribution in [0.15, 0.2) is 97.1 Å². The lowest BCUT2D eigenvalue weighted by molar-refractivity contribution is -0.132. The predicted molar refractivity (Wildman–Crippen MR) is 217 cm³/mol. The Balaban J connectivity index is 0.774. The van der Waals surface area contributed by atoms with E-state index >= 15 is 0 Å². The number of carbonyl (C=O) groups excluding carboxylic acids is 2. The Morgan fingerprint density at radius 2 is 0.966 bits per heavy atom. The van der Waals surface area contributed by atoms with E-state index in [0.717, 1.165) is 92.8 Å². The summed E-state index contributed by atoms with van der Waals surface area (Å²) in [5.41, 5.74) is 9.84. The molecule has 0 saturated carbocycles. The van der Waals surface area contributed by atoms with Crippen molar-refractivity contribution in [2.24, 2.45) is 0 Å². The van der Waals surface area contributed by atoms with Crippen molar-refractivity contribution in [1.82, 2.24) is 29.7 Å². The molecular weight excluding hydrogens is 733 g/mol. The molecule has 2 amide bonds. The maximum absolute atomic E-state index is 13.5. The summed E-state index contributed by atoms with van der Waals surface area (Å²) in [5.74, 6) is 4.62. The quantitative estimate of drug-likeness (QED) is 0.159. The molecule has 0 unspecified atom stereocenters. The van der Waals surface area contributed by atoms with E-state index in [1.807, 2.05) is 58.3 Å². The van der Waals surface area contributed by atoms with Gasteiger partial charge in [-0.1, -0.05) is 48.5 Å². The fourth-order valence-corrected chi connectivity index (χ4v) is 8.94. The largest absolute Gasteiger partial charge is 0.454 e. The van der Waals surface area contributed by atoms with E-state index < -0.39 is 0 Å². The molecule has 12 heteroatoms. The van der Waals surface area contributed by atoms with E-state index in [0.29, 0.717) is 48.9 Å². The number of likely N-dealkylation sites (tertiary alicyclic amines) is 2. The zero-order valence-corrected chi connectivity index (χ0v) is 31.7. The van der Waals surface area contributed by atoms with Gasteiger partial charge in [0.1, 0.15) is 11.6 Å². The Morgan fingerprint density at radius 3 is 1.43 bits per heavy atom. The number of amides is 2. The number of nitrogens with zero attached hydrogens (tertiary/aromatic N) is 4. The Labute approximate surface area is 333 Å². The van der Waals surface area contributed by atoms with E-state index in [-0.39, 0.29) is 37.5 Å². The van der Waals surface area contributed by atoms with Crippen LogP contribution in [0.5, 0.6) is 23.0 Å².